The molecule has 0 amide bonds. The average molecular weight is 315 g/mol. The van der Waals surface area contributed by atoms with Crippen LogP contribution in [-0.2, 0) is 0 Å². The molecule has 4 aliphatic carbocycles. The van der Waals surface area contributed by atoms with Gasteiger partial charge in [0.2, 0.25) is 0 Å². The minimum absolute atomic E-state index is 0.140. The molecule has 22 heavy (non-hydrogen) atoms. The minimum atomic E-state index is 0.140. The summed E-state index contributed by atoms with van der Waals surface area (Å²) in [5.74, 6) is 2.18. The van der Waals surface area contributed by atoms with Crippen molar-refractivity contribution >= 4 is 22.8 Å². The molecule has 3 saturated carbocycles. The van der Waals surface area contributed by atoms with Gasteiger partial charge < -0.3 is 5.21 Å². The second-order valence-electron chi connectivity index (χ2n) is 8.14. The van der Waals surface area contributed by atoms with Gasteiger partial charge in [-0.15, -0.1) is 0 Å². The predicted molar refractivity (Wildman–Crippen MR) is 93.4 cm³/mol. The Kier molecular flexibility index (Phi) is 3.17. The van der Waals surface area contributed by atoms with Crippen molar-refractivity contribution in [2.75, 3.05) is 0 Å². The van der Waals surface area contributed by atoms with Gasteiger partial charge >= 0.3 is 0 Å². The van der Waals surface area contributed by atoms with Crippen molar-refractivity contribution in [2.24, 2.45) is 33.7 Å². The Balaban J connectivity index is 1.71. The maximum atomic E-state index is 9.39. The highest BCUT2D eigenvalue weighted by molar-refractivity contribution is 7.81. The molecule has 0 radical (unpaired) electrons. The van der Waals surface area contributed by atoms with E-state index in [1.54, 1.807) is 5.57 Å². The lowest BCUT2D eigenvalue weighted by molar-refractivity contribution is 0.00602. The van der Waals surface area contributed by atoms with E-state index in [4.69, 9.17) is 12.2 Å². The second-order valence-corrected chi connectivity index (χ2v) is 8.62. The zero-order valence-electron chi connectivity index (χ0n) is 13.5. The fourth-order valence-corrected chi connectivity index (χ4v) is 6.36. The molecule has 2 nitrogen and oxygen atoms in total. The van der Waals surface area contributed by atoms with Gasteiger partial charge in [0, 0.05) is 15.7 Å². The number of fused-ring (bicyclic) bond motifs is 5. The van der Waals surface area contributed by atoms with Crippen molar-refractivity contribution in [1.82, 2.24) is 0 Å². The Morgan fingerprint density at radius 1 is 1.18 bits per heavy atom. The first-order valence-corrected chi connectivity index (χ1v) is 9.05. The number of allylic oxidation sites excluding steroid dienone is 4. The van der Waals surface area contributed by atoms with E-state index < -0.39 is 0 Å². The molecular formula is C19H25NOS. The third-order valence-corrected chi connectivity index (χ3v) is 7.67. The quantitative estimate of drug-likeness (QED) is 0.391. The van der Waals surface area contributed by atoms with Crippen molar-refractivity contribution in [3.05, 3.63) is 23.8 Å². The van der Waals surface area contributed by atoms with Crippen LogP contribution in [-0.4, -0.2) is 15.8 Å². The summed E-state index contributed by atoms with van der Waals surface area (Å²) >= 11 is 5.39. The standard InChI is InChI=1S/C19H25NOS/c1-18-9-7-13(22)11-12(18)3-4-14-15-5-6-17(20-21)19(15,2)10-8-16(14)18/h7,9,11,14-16,21H,3-6,8,10H2,1-2H3/b20-17-/t14-,15-,16-,18-,19-/m0/s1. The number of hydrogen-bond acceptors (Lipinski definition) is 3. The van der Waals surface area contributed by atoms with E-state index in [-0.39, 0.29) is 10.8 Å². The molecule has 0 aromatic rings. The lowest BCUT2D eigenvalue weighted by atomic mass is 9.48. The molecule has 3 heteroatoms. The first kappa shape index (κ1) is 14.6. The summed E-state index contributed by atoms with van der Waals surface area (Å²) in [6.45, 7) is 4.77. The smallest absolute Gasteiger partial charge is 0.0632 e. The van der Waals surface area contributed by atoms with Crippen LogP contribution in [0.4, 0.5) is 0 Å². The van der Waals surface area contributed by atoms with E-state index in [2.05, 4.69) is 37.2 Å². The fraction of sp³-hybridized carbons (Fsp3) is 0.684. The highest BCUT2D eigenvalue weighted by atomic mass is 32.1. The molecule has 118 valence electrons. The summed E-state index contributed by atoms with van der Waals surface area (Å²) in [5.41, 5.74) is 2.95. The molecule has 1 N–H and O–H groups in total. The van der Waals surface area contributed by atoms with Gasteiger partial charge in [0.25, 0.3) is 0 Å². The summed E-state index contributed by atoms with van der Waals surface area (Å²) in [5, 5.41) is 13.1. The average Bonchev–Trinajstić information content (AvgIpc) is 2.84. The first-order chi connectivity index (χ1) is 10.5. The maximum absolute atomic E-state index is 9.39. The van der Waals surface area contributed by atoms with Crippen LogP contribution in [0.1, 0.15) is 52.4 Å². The number of rotatable bonds is 0. The SMILES string of the molecule is C[C@]12C=CC(=S)C=C1CC[C@@H]1[C@@H]2CC[C@]2(C)/C(=N\O)CC[C@@H]12. The summed E-state index contributed by atoms with van der Waals surface area (Å²) in [6.07, 6.45) is 13.8. The number of thiocarbonyl (C=S) groups is 1. The third kappa shape index (κ3) is 1.78. The van der Waals surface area contributed by atoms with E-state index in [1.807, 2.05) is 0 Å². The summed E-state index contributed by atoms with van der Waals surface area (Å²) in [6, 6.07) is 0. The Morgan fingerprint density at radius 3 is 2.77 bits per heavy atom. The highest BCUT2D eigenvalue weighted by Gasteiger charge is 2.57. The number of hydrogen-bond donors (Lipinski definition) is 1. The molecule has 0 bridgehead atoms. The van der Waals surface area contributed by atoms with Crippen LogP contribution >= 0.6 is 12.2 Å². The van der Waals surface area contributed by atoms with Crippen LogP contribution < -0.4 is 0 Å². The van der Waals surface area contributed by atoms with Crippen LogP contribution in [0.2, 0.25) is 0 Å². The fourth-order valence-electron chi connectivity index (χ4n) is 6.15. The number of oxime groups is 1. The minimum Gasteiger partial charge on any atom is -0.411 e. The molecule has 0 aliphatic heterocycles. The van der Waals surface area contributed by atoms with E-state index in [9.17, 15) is 5.21 Å². The van der Waals surface area contributed by atoms with E-state index in [1.165, 1.54) is 32.1 Å². The Bertz CT molecular complexity index is 619. The Morgan fingerprint density at radius 2 is 2.00 bits per heavy atom. The predicted octanol–water partition coefficient (Wildman–Crippen LogP) is 4.93. The summed E-state index contributed by atoms with van der Waals surface area (Å²) < 4.78 is 0. The van der Waals surface area contributed by atoms with Crippen LogP contribution in [0.5, 0.6) is 0 Å². The van der Waals surface area contributed by atoms with Crippen molar-refractivity contribution < 1.29 is 5.21 Å². The lowest BCUT2D eigenvalue weighted by Gasteiger charge is -2.56. The molecule has 0 spiro atoms. The Hall–Kier alpha value is -0.960. The van der Waals surface area contributed by atoms with Crippen LogP contribution in [0.25, 0.3) is 0 Å². The van der Waals surface area contributed by atoms with Crippen LogP contribution in [0.15, 0.2) is 29.0 Å². The van der Waals surface area contributed by atoms with Crippen LogP contribution in [0.3, 0.4) is 0 Å². The highest BCUT2D eigenvalue weighted by Crippen LogP contribution is 2.63. The molecule has 4 aliphatic rings. The molecule has 5 atom stereocenters. The number of nitrogens with zero attached hydrogens (tertiary/aromatic N) is 1. The van der Waals surface area contributed by atoms with Gasteiger partial charge in [0.1, 0.15) is 0 Å². The molecular weight excluding hydrogens is 290 g/mol. The molecule has 0 aromatic heterocycles. The maximum Gasteiger partial charge on any atom is 0.0632 e. The zero-order valence-corrected chi connectivity index (χ0v) is 14.3. The normalized spacial score (nSPS) is 48.6. The van der Waals surface area contributed by atoms with E-state index >= 15 is 0 Å². The zero-order chi connectivity index (χ0) is 15.5. The van der Waals surface area contributed by atoms with Crippen molar-refractivity contribution in [3.63, 3.8) is 0 Å². The largest absolute Gasteiger partial charge is 0.411 e. The van der Waals surface area contributed by atoms with Gasteiger partial charge in [-0.25, -0.2) is 0 Å². The van der Waals surface area contributed by atoms with Gasteiger partial charge in [0.15, 0.2) is 0 Å². The molecule has 3 fully saturated rings. The first-order valence-electron chi connectivity index (χ1n) is 8.65. The van der Waals surface area contributed by atoms with E-state index in [0.717, 1.165) is 28.8 Å². The van der Waals surface area contributed by atoms with Gasteiger partial charge in [-0.05, 0) is 68.4 Å². The Labute approximate surface area is 138 Å². The van der Waals surface area contributed by atoms with Gasteiger partial charge in [-0.1, -0.05) is 42.9 Å². The topological polar surface area (TPSA) is 32.6 Å². The molecule has 0 heterocycles. The molecule has 0 unspecified atom stereocenters. The molecule has 0 aromatic carbocycles. The lowest BCUT2D eigenvalue weighted by Crippen LogP contribution is -2.49. The molecule has 0 saturated heterocycles. The summed E-state index contributed by atoms with van der Waals surface area (Å²) in [7, 11) is 0. The monoisotopic (exact) mass is 315 g/mol. The van der Waals surface area contributed by atoms with Crippen molar-refractivity contribution in [3.8, 4) is 0 Å². The van der Waals surface area contributed by atoms with Crippen LogP contribution in [0, 0.1) is 28.6 Å². The van der Waals surface area contributed by atoms with Gasteiger partial charge in [-0.2, -0.15) is 0 Å². The molecule has 4 rings (SSSR count). The van der Waals surface area contributed by atoms with E-state index in [0.29, 0.717) is 5.92 Å². The third-order valence-electron chi connectivity index (χ3n) is 7.42. The van der Waals surface area contributed by atoms with Gasteiger partial charge in [0.05, 0.1) is 5.71 Å². The summed E-state index contributed by atoms with van der Waals surface area (Å²) in [4.78, 5) is 0.988. The van der Waals surface area contributed by atoms with Gasteiger partial charge in [-0.3, -0.25) is 0 Å². The van der Waals surface area contributed by atoms with Crippen molar-refractivity contribution in [1.29, 1.82) is 0 Å². The second kappa shape index (κ2) is 4.77. The van der Waals surface area contributed by atoms with Crippen molar-refractivity contribution in [2.45, 2.75) is 52.4 Å².